The highest BCUT2D eigenvalue weighted by molar-refractivity contribution is 7.80. The first-order valence-corrected chi connectivity index (χ1v) is 12.5. The molecule has 0 bridgehead atoms. The van der Waals surface area contributed by atoms with Crippen molar-refractivity contribution in [2.24, 2.45) is 0 Å². The largest absolute Gasteiger partial charge is 0.501 e. The summed E-state index contributed by atoms with van der Waals surface area (Å²) in [5, 5.41) is 0. The van der Waals surface area contributed by atoms with Crippen LogP contribution in [-0.4, -0.2) is 11.0 Å². The zero-order valence-electron chi connectivity index (χ0n) is 19.2. The highest BCUT2D eigenvalue weighted by Gasteiger charge is 2.43. The number of hydrogen-bond acceptors (Lipinski definition) is 3. The van der Waals surface area contributed by atoms with Crippen molar-refractivity contribution < 1.29 is 14.2 Å². The number of carbonyl (C=O) groups is 2. The van der Waals surface area contributed by atoms with E-state index in [4.69, 9.17) is 0 Å². The van der Waals surface area contributed by atoms with Crippen molar-refractivity contribution in [2.75, 3.05) is 0 Å². The maximum absolute atomic E-state index is 13.3. The third-order valence-electron chi connectivity index (χ3n) is 5.86. The molecule has 0 unspecified atom stereocenters. The molecule has 2 aromatic carbocycles. The molecule has 0 atom stereocenters. The molecule has 0 aliphatic carbocycles. The minimum Gasteiger partial charge on any atom is -0.234 e. The number of hydrogen-bond donors (Lipinski definition) is 0. The van der Waals surface area contributed by atoms with E-state index in [2.05, 4.69) is 13.8 Å². The predicted molar refractivity (Wildman–Crippen MR) is 125 cm³/mol. The lowest BCUT2D eigenvalue weighted by molar-refractivity contribution is 0.104. The Morgan fingerprint density at radius 3 is 1.03 bits per heavy atom. The third kappa shape index (κ3) is 4.78. The standard InChI is InChI=1S/C26H34O3P/c1-7-17-13-19(9-3)23(20(10-4)14-17)25(27)30(29)26(28)24-21(11-5)15-18(8-2)16-22(24)12-6/h13-16H,7-12H2,1-6H3/q+1. The molecule has 0 aliphatic rings. The first-order valence-electron chi connectivity index (χ1n) is 11.2. The molecule has 0 spiro atoms. The summed E-state index contributed by atoms with van der Waals surface area (Å²) in [6.45, 7) is 12.1. The van der Waals surface area contributed by atoms with E-state index in [1.54, 1.807) is 0 Å². The first-order chi connectivity index (χ1) is 14.4. The lowest BCUT2D eigenvalue weighted by Crippen LogP contribution is -2.12. The normalized spacial score (nSPS) is 10.9. The molecule has 160 valence electrons. The Kier molecular flexibility index (Phi) is 8.67. The zero-order chi connectivity index (χ0) is 22.4. The first kappa shape index (κ1) is 24.2. The minimum atomic E-state index is -2.70. The van der Waals surface area contributed by atoms with Gasteiger partial charge in [0.25, 0.3) is 0 Å². The van der Waals surface area contributed by atoms with Gasteiger partial charge in [-0.25, -0.2) is 9.59 Å². The molecule has 0 aliphatic heterocycles. The Balaban J connectivity index is 2.57. The molecular formula is C26H34O3P+. The summed E-state index contributed by atoms with van der Waals surface area (Å²) in [6.07, 6.45) is 4.44. The summed E-state index contributed by atoms with van der Waals surface area (Å²) < 4.78 is 13.3. The monoisotopic (exact) mass is 425 g/mol. The summed E-state index contributed by atoms with van der Waals surface area (Å²) in [5.74, 6) is 0. The lowest BCUT2D eigenvalue weighted by Gasteiger charge is -2.12. The Labute approximate surface area is 182 Å². The van der Waals surface area contributed by atoms with Crippen molar-refractivity contribution in [1.29, 1.82) is 0 Å². The van der Waals surface area contributed by atoms with Gasteiger partial charge in [0.05, 0.1) is 11.1 Å². The Hall–Kier alpha value is -2.12. The summed E-state index contributed by atoms with van der Waals surface area (Å²) in [6, 6.07) is 8.08. The van der Waals surface area contributed by atoms with Gasteiger partial charge in [-0.2, -0.15) is 0 Å². The van der Waals surface area contributed by atoms with Crippen molar-refractivity contribution in [2.45, 2.75) is 80.1 Å². The SMILES string of the molecule is CCc1cc(CC)c(C(=O)[P+](=O)C(=O)c2c(CC)cc(CC)cc2CC)c(CC)c1. The second kappa shape index (κ2) is 10.8. The van der Waals surface area contributed by atoms with Gasteiger partial charge in [0.2, 0.25) is 0 Å². The molecule has 2 aromatic rings. The molecule has 0 aromatic heterocycles. The van der Waals surface area contributed by atoms with Gasteiger partial charge in [0.15, 0.2) is 0 Å². The number of aryl methyl sites for hydroxylation is 6. The second-order valence-electron chi connectivity index (χ2n) is 7.60. The molecule has 4 heteroatoms. The highest BCUT2D eigenvalue weighted by Crippen LogP contribution is 2.37. The van der Waals surface area contributed by atoms with Gasteiger partial charge in [-0.15, -0.1) is 0 Å². The van der Waals surface area contributed by atoms with Crippen LogP contribution < -0.4 is 0 Å². The van der Waals surface area contributed by atoms with Gasteiger partial charge in [-0.1, -0.05) is 70.4 Å². The van der Waals surface area contributed by atoms with Crippen LogP contribution in [0.3, 0.4) is 0 Å². The van der Waals surface area contributed by atoms with Crippen molar-refractivity contribution in [3.05, 3.63) is 68.8 Å². The van der Waals surface area contributed by atoms with Gasteiger partial charge >= 0.3 is 18.8 Å². The van der Waals surface area contributed by atoms with E-state index < -0.39 is 18.8 Å². The smallest absolute Gasteiger partial charge is 0.234 e. The van der Waals surface area contributed by atoms with Crippen molar-refractivity contribution in [3.8, 4) is 0 Å². The molecule has 0 saturated carbocycles. The van der Waals surface area contributed by atoms with Crippen LogP contribution >= 0.6 is 7.80 Å². The third-order valence-corrected chi connectivity index (χ3v) is 7.04. The fourth-order valence-electron chi connectivity index (χ4n) is 4.05. The molecule has 0 radical (unpaired) electrons. The van der Waals surface area contributed by atoms with E-state index in [0.717, 1.165) is 35.1 Å². The van der Waals surface area contributed by atoms with E-state index in [1.165, 1.54) is 11.1 Å². The van der Waals surface area contributed by atoms with Crippen LogP contribution in [-0.2, 0) is 43.1 Å². The molecule has 30 heavy (non-hydrogen) atoms. The lowest BCUT2D eigenvalue weighted by atomic mass is 9.94. The topological polar surface area (TPSA) is 51.2 Å². The molecular weight excluding hydrogens is 391 g/mol. The Bertz CT molecular complexity index is 845. The van der Waals surface area contributed by atoms with Crippen molar-refractivity contribution >= 4 is 18.8 Å². The number of carbonyl (C=O) groups excluding carboxylic acids is 2. The van der Waals surface area contributed by atoms with Crippen molar-refractivity contribution in [3.63, 3.8) is 0 Å². The Morgan fingerprint density at radius 1 is 0.567 bits per heavy atom. The average Bonchev–Trinajstić information content (AvgIpc) is 2.80. The maximum Gasteiger partial charge on any atom is 0.501 e. The predicted octanol–water partition coefficient (Wildman–Crippen LogP) is 6.87. The summed E-state index contributed by atoms with van der Waals surface area (Å²) in [7, 11) is -2.70. The molecule has 0 saturated heterocycles. The van der Waals surface area contributed by atoms with Crippen molar-refractivity contribution in [1.82, 2.24) is 0 Å². The quantitative estimate of drug-likeness (QED) is 0.390. The van der Waals surface area contributed by atoms with Gasteiger partial charge in [0, 0.05) is 0 Å². The van der Waals surface area contributed by atoms with Crippen LogP contribution in [0.4, 0.5) is 0 Å². The fraction of sp³-hybridized carbons (Fsp3) is 0.462. The van der Waals surface area contributed by atoms with Gasteiger partial charge in [-0.3, -0.25) is 0 Å². The van der Waals surface area contributed by atoms with Crippen LogP contribution in [0.1, 0.15) is 95.6 Å². The van der Waals surface area contributed by atoms with Crippen LogP contribution in [0.25, 0.3) is 0 Å². The molecule has 0 fully saturated rings. The Morgan fingerprint density at radius 2 is 0.833 bits per heavy atom. The van der Waals surface area contributed by atoms with E-state index in [0.29, 0.717) is 36.8 Å². The van der Waals surface area contributed by atoms with E-state index in [9.17, 15) is 14.2 Å². The zero-order valence-corrected chi connectivity index (χ0v) is 20.1. The van der Waals surface area contributed by atoms with E-state index in [1.807, 2.05) is 52.0 Å². The molecule has 2 rings (SSSR count). The highest BCUT2D eigenvalue weighted by atomic mass is 31.1. The molecule has 0 N–H and O–H groups in total. The van der Waals surface area contributed by atoms with Crippen LogP contribution in [0.2, 0.25) is 0 Å². The van der Waals surface area contributed by atoms with Gasteiger partial charge in [-0.05, 0) is 71.9 Å². The maximum atomic E-state index is 13.3. The van der Waals surface area contributed by atoms with Gasteiger partial charge in [0.1, 0.15) is 0 Å². The van der Waals surface area contributed by atoms with Gasteiger partial charge < -0.3 is 0 Å². The second-order valence-corrected chi connectivity index (χ2v) is 9.01. The van der Waals surface area contributed by atoms with Crippen LogP contribution in [0, 0.1) is 0 Å². The summed E-state index contributed by atoms with van der Waals surface area (Å²) in [5.41, 5.74) is 5.84. The molecule has 0 heterocycles. The summed E-state index contributed by atoms with van der Waals surface area (Å²) >= 11 is 0. The summed E-state index contributed by atoms with van der Waals surface area (Å²) in [4.78, 5) is 26.7. The number of rotatable bonds is 10. The fourth-order valence-corrected chi connectivity index (χ4v) is 5.21. The van der Waals surface area contributed by atoms with Crippen LogP contribution in [0.5, 0.6) is 0 Å². The minimum absolute atomic E-state index is 0.493. The van der Waals surface area contributed by atoms with E-state index >= 15 is 0 Å². The molecule has 0 amide bonds. The molecule has 3 nitrogen and oxygen atoms in total. The van der Waals surface area contributed by atoms with E-state index in [-0.39, 0.29) is 0 Å². The number of benzene rings is 2. The average molecular weight is 426 g/mol. The van der Waals surface area contributed by atoms with Crippen LogP contribution in [0.15, 0.2) is 24.3 Å².